The van der Waals surface area contributed by atoms with Gasteiger partial charge >= 0.3 is 0 Å². The third kappa shape index (κ3) is 2.06. The lowest BCUT2D eigenvalue weighted by Crippen LogP contribution is -2.25. The van der Waals surface area contributed by atoms with Gasteiger partial charge in [0, 0.05) is 7.05 Å². The number of nitriles is 1. The maximum Gasteiger partial charge on any atom is 0.270 e. The Kier molecular flexibility index (Phi) is 2.65. The van der Waals surface area contributed by atoms with Crippen molar-refractivity contribution in [1.29, 1.82) is 5.26 Å². The molecule has 1 aromatic rings. The highest BCUT2D eigenvalue weighted by atomic mass is 16.2. The summed E-state index contributed by atoms with van der Waals surface area (Å²) in [5, 5.41) is 14.7. The van der Waals surface area contributed by atoms with E-state index in [1.54, 1.807) is 20.0 Å². The maximum atomic E-state index is 11.3. The number of aryl methyl sites for hydroxylation is 2. The quantitative estimate of drug-likeness (QED) is 0.647. The monoisotopic (exact) mass is 178 g/mol. The van der Waals surface area contributed by atoms with Crippen molar-refractivity contribution in [2.45, 2.75) is 6.92 Å². The number of carbonyl (C=O) groups excluding carboxylic acids is 1. The number of amides is 1. The second-order valence-corrected chi connectivity index (χ2v) is 2.64. The highest BCUT2D eigenvalue weighted by Crippen LogP contribution is 2.00. The fourth-order valence-corrected chi connectivity index (χ4v) is 1.03. The zero-order valence-electron chi connectivity index (χ0n) is 7.53. The molecule has 13 heavy (non-hydrogen) atoms. The molecule has 0 radical (unpaired) electrons. The molecule has 68 valence electrons. The molecule has 0 fully saturated rings. The molecule has 1 amide bonds. The normalized spacial score (nSPS) is 9.31. The van der Waals surface area contributed by atoms with E-state index in [1.165, 1.54) is 4.68 Å². The summed E-state index contributed by atoms with van der Waals surface area (Å²) in [6.07, 6.45) is 0. The number of nitrogens with one attached hydrogen (secondary N) is 1. The second kappa shape index (κ2) is 3.72. The molecule has 0 saturated heterocycles. The lowest BCUT2D eigenvalue weighted by Gasteiger charge is -1.99. The van der Waals surface area contributed by atoms with Gasteiger partial charge in [0.15, 0.2) is 0 Å². The molecular weight excluding hydrogens is 168 g/mol. The summed E-state index contributed by atoms with van der Waals surface area (Å²) in [4.78, 5) is 11.3. The summed E-state index contributed by atoms with van der Waals surface area (Å²) in [5.74, 6) is -0.273. The molecule has 0 aliphatic heterocycles. The fraction of sp³-hybridized carbons (Fsp3) is 0.375. The number of carbonyl (C=O) groups is 1. The van der Waals surface area contributed by atoms with E-state index < -0.39 is 0 Å². The van der Waals surface area contributed by atoms with Crippen LogP contribution in [-0.2, 0) is 7.05 Å². The Bertz CT molecular complexity index is 361. The summed E-state index contributed by atoms with van der Waals surface area (Å²) in [7, 11) is 1.69. The molecule has 1 N–H and O–H groups in total. The lowest BCUT2D eigenvalue weighted by molar-refractivity contribution is 0.0949. The minimum atomic E-state index is -0.273. The van der Waals surface area contributed by atoms with Crippen molar-refractivity contribution in [2.75, 3.05) is 6.54 Å². The molecular formula is C8H10N4O. The predicted molar refractivity (Wildman–Crippen MR) is 45.9 cm³/mol. The van der Waals surface area contributed by atoms with Crippen LogP contribution in [0.3, 0.4) is 0 Å². The van der Waals surface area contributed by atoms with Crippen LogP contribution in [0.2, 0.25) is 0 Å². The van der Waals surface area contributed by atoms with E-state index in [-0.39, 0.29) is 12.5 Å². The van der Waals surface area contributed by atoms with Gasteiger partial charge < -0.3 is 5.32 Å². The van der Waals surface area contributed by atoms with Gasteiger partial charge in [0.1, 0.15) is 12.2 Å². The largest absolute Gasteiger partial charge is 0.338 e. The van der Waals surface area contributed by atoms with Gasteiger partial charge in [-0.05, 0) is 13.0 Å². The van der Waals surface area contributed by atoms with E-state index in [0.717, 1.165) is 5.69 Å². The Balaban J connectivity index is 2.78. The minimum Gasteiger partial charge on any atom is -0.338 e. The molecule has 5 heteroatoms. The van der Waals surface area contributed by atoms with Gasteiger partial charge in [0.25, 0.3) is 5.91 Å². The van der Waals surface area contributed by atoms with Crippen molar-refractivity contribution < 1.29 is 4.79 Å². The summed E-state index contributed by atoms with van der Waals surface area (Å²) in [6.45, 7) is 1.82. The molecule has 0 aliphatic carbocycles. The van der Waals surface area contributed by atoms with E-state index in [9.17, 15) is 4.79 Å². The first-order valence-corrected chi connectivity index (χ1v) is 3.81. The van der Waals surface area contributed by atoms with E-state index in [2.05, 4.69) is 10.4 Å². The van der Waals surface area contributed by atoms with Gasteiger partial charge in [-0.1, -0.05) is 0 Å². The minimum absolute atomic E-state index is 0.0169. The van der Waals surface area contributed by atoms with Crippen LogP contribution in [0.1, 0.15) is 16.2 Å². The molecule has 1 rings (SSSR count). The van der Waals surface area contributed by atoms with E-state index in [0.29, 0.717) is 5.69 Å². The molecule has 0 aromatic carbocycles. The average molecular weight is 178 g/mol. The highest BCUT2D eigenvalue weighted by Gasteiger charge is 2.10. The number of nitrogens with zero attached hydrogens (tertiary/aromatic N) is 3. The van der Waals surface area contributed by atoms with Crippen LogP contribution in [0, 0.1) is 18.3 Å². The molecule has 1 aromatic heterocycles. The van der Waals surface area contributed by atoms with E-state index in [1.807, 2.05) is 6.07 Å². The van der Waals surface area contributed by atoms with Crippen molar-refractivity contribution >= 4 is 5.91 Å². The molecule has 0 bridgehead atoms. The number of rotatable bonds is 2. The average Bonchev–Trinajstić information content (AvgIpc) is 2.41. The Labute approximate surface area is 76.0 Å². The number of aromatic nitrogens is 2. The van der Waals surface area contributed by atoms with Crippen molar-refractivity contribution in [2.24, 2.45) is 7.05 Å². The Hall–Kier alpha value is -1.83. The third-order valence-electron chi connectivity index (χ3n) is 1.56. The molecule has 0 spiro atoms. The van der Waals surface area contributed by atoms with Crippen molar-refractivity contribution in [1.82, 2.24) is 15.1 Å². The third-order valence-corrected chi connectivity index (χ3v) is 1.56. The van der Waals surface area contributed by atoms with Gasteiger partial charge in [-0.3, -0.25) is 9.48 Å². The van der Waals surface area contributed by atoms with Crippen molar-refractivity contribution in [3.63, 3.8) is 0 Å². The first-order chi connectivity index (χ1) is 6.15. The number of hydrogen-bond donors (Lipinski definition) is 1. The number of hydrogen-bond acceptors (Lipinski definition) is 3. The topological polar surface area (TPSA) is 70.7 Å². The summed E-state index contributed by atoms with van der Waals surface area (Å²) < 4.78 is 1.49. The molecule has 1 heterocycles. The molecule has 5 nitrogen and oxygen atoms in total. The van der Waals surface area contributed by atoms with Gasteiger partial charge in [-0.2, -0.15) is 10.4 Å². The summed E-state index contributed by atoms with van der Waals surface area (Å²) in [5.41, 5.74) is 1.25. The van der Waals surface area contributed by atoms with E-state index in [4.69, 9.17) is 5.26 Å². The summed E-state index contributed by atoms with van der Waals surface area (Å²) >= 11 is 0. The van der Waals surface area contributed by atoms with Crippen LogP contribution < -0.4 is 5.32 Å². The second-order valence-electron chi connectivity index (χ2n) is 2.64. The SMILES string of the molecule is Cc1cc(C(=O)NCC#N)n(C)n1. The molecule has 0 atom stereocenters. The fourth-order valence-electron chi connectivity index (χ4n) is 1.03. The zero-order valence-corrected chi connectivity index (χ0v) is 7.53. The Morgan fingerprint density at radius 1 is 1.85 bits per heavy atom. The van der Waals surface area contributed by atoms with Crippen LogP contribution >= 0.6 is 0 Å². The first kappa shape index (κ1) is 9.26. The van der Waals surface area contributed by atoms with Crippen LogP contribution in [0.4, 0.5) is 0 Å². The summed E-state index contributed by atoms with van der Waals surface area (Å²) in [6, 6.07) is 3.51. The van der Waals surface area contributed by atoms with Crippen molar-refractivity contribution in [3.8, 4) is 6.07 Å². The van der Waals surface area contributed by atoms with Gasteiger partial charge in [0.2, 0.25) is 0 Å². The molecule has 0 unspecified atom stereocenters. The highest BCUT2D eigenvalue weighted by molar-refractivity contribution is 5.92. The predicted octanol–water partition coefficient (Wildman–Crippen LogP) is -0.0181. The van der Waals surface area contributed by atoms with Crippen LogP contribution in [0.5, 0.6) is 0 Å². The van der Waals surface area contributed by atoms with Gasteiger partial charge in [0.05, 0.1) is 11.8 Å². The smallest absolute Gasteiger partial charge is 0.270 e. The van der Waals surface area contributed by atoms with Gasteiger partial charge in [-0.15, -0.1) is 0 Å². The molecule has 0 saturated carbocycles. The van der Waals surface area contributed by atoms with Crippen LogP contribution in [0.25, 0.3) is 0 Å². The van der Waals surface area contributed by atoms with Crippen LogP contribution in [0.15, 0.2) is 6.07 Å². The Morgan fingerprint density at radius 3 is 3.00 bits per heavy atom. The van der Waals surface area contributed by atoms with Crippen LogP contribution in [-0.4, -0.2) is 22.2 Å². The molecule has 0 aliphatic rings. The lowest BCUT2D eigenvalue weighted by atomic mass is 10.3. The van der Waals surface area contributed by atoms with Gasteiger partial charge in [-0.25, -0.2) is 0 Å². The zero-order chi connectivity index (χ0) is 9.84. The van der Waals surface area contributed by atoms with E-state index >= 15 is 0 Å². The first-order valence-electron chi connectivity index (χ1n) is 3.81. The Morgan fingerprint density at radius 2 is 2.54 bits per heavy atom. The maximum absolute atomic E-state index is 11.3. The standard InChI is InChI=1S/C8H10N4O/c1-6-5-7(12(2)11-6)8(13)10-4-3-9/h5H,4H2,1-2H3,(H,10,13). The van der Waals surface area contributed by atoms with Crippen molar-refractivity contribution in [3.05, 3.63) is 17.5 Å².